The maximum absolute atomic E-state index is 5.29. The van der Waals surface area contributed by atoms with Crippen LogP contribution in [-0.4, -0.2) is 12.1 Å². The van der Waals surface area contributed by atoms with Gasteiger partial charge in [0.25, 0.3) is 0 Å². The van der Waals surface area contributed by atoms with E-state index < -0.39 is 0 Å². The van der Waals surface area contributed by atoms with E-state index in [-0.39, 0.29) is 0 Å². The molecule has 0 atom stereocenters. The van der Waals surface area contributed by atoms with Crippen LogP contribution in [0.3, 0.4) is 0 Å². The molecule has 0 saturated carbocycles. The third kappa shape index (κ3) is 1.51. The third-order valence-corrected chi connectivity index (χ3v) is 2.23. The van der Waals surface area contributed by atoms with Gasteiger partial charge in [0.15, 0.2) is 0 Å². The minimum Gasteiger partial charge on any atom is -0.496 e. The Kier molecular flexibility index (Phi) is 2.27. The maximum Gasteiger partial charge on any atom is 0.128 e. The molecule has 14 heavy (non-hydrogen) atoms. The van der Waals surface area contributed by atoms with E-state index in [1.807, 2.05) is 31.2 Å². The van der Waals surface area contributed by atoms with Crippen LogP contribution in [0.5, 0.6) is 5.75 Å². The number of hydrogen-bond donors (Lipinski definition) is 1. The van der Waals surface area contributed by atoms with E-state index in [9.17, 15) is 0 Å². The van der Waals surface area contributed by atoms with Gasteiger partial charge >= 0.3 is 0 Å². The van der Waals surface area contributed by atoms with Gasteiger partial charge in [-0.2, -0.15) is 0 Å². The summed E-state index contributed by atoms with van der Waals surface area (Å²) in [6.07, 6.45) is 0. The average Bonchev–Trinajstić information content (AvgIpc) is 2.65. The summed E-state index contributed by atoms with van der Waals surface area (Å²) in [5.41, 5.74) is 3.36. The van der Waals surface area contributed by atoms with Gasteiger partial charge in [-0.25, -0.2) is 0 Å². The molecule has 72 valence electrons. The molecule has 0 aliphatic rings. The lowest BCUT2D eigenvalue weighted by Crippen LogP contribution is -1.87. The van der Waals surface area contributed by atoms with Crippen LogP contribution in [0.15, 0.2) is 36.4 Å². The fourth-order valence-corrected chi connectivity index (χ4v) is 1.53. The number of methoxy groups -OCH3 is 1. The molecular formula is C12H13NO. The van der Waals surface area contributed by atoms with Gasteiger partial charge in [-0.05, 0) is 31.2 Å². The van der Waals surface area contributed by atoms with Crippen LogP contribution >= 0.6 is 0 Å². The van der Waals surface area contributed by atoms with Crippen molar-refractivity contribution in [3.63, 3.8) is 0 Å². The molecule has 1 heterocycles. The molecule has 1 aromatic carbocycles. The summed E-state index contributed by atoms with van der Waals surface area (Å²) in [7, 11) is 1.69. The molecule has 2 nitrogen and oxygen atoms in total. The van der Waals surface area contributed by atoms with Crippen LogP contribution in [0.4, 0.5) is 0 Å². The summed E-state index contributed by atoms with van der Waals surface area (Å²) in [5.74, 6) is 0.898. The maximum atomic E-state index is 5.29. The van der Waals surface area contributed by atoms with Gasteiger partial charge in [0.2, 0.25) is 0 Å². The molecule has 0 unspecified atom stereocenters. The van der Waals surface area contributed by atoms with Gasteiger partial charge < -0.3 is 9.72 Å². The first-order chi connectivity index (χ1) is 6.81. The van der Waals surface area contributed by atoms with Gasteiger partial charge in [0, 0.05) is 17.0 Å². The third-order valence-electron chi connectivity index (χ3n) is 2.23. The molecule has 0 bridgehead atoms. The molecule has 0 aliphatic carbocycles. The molecule has 0 radical (unpaired) electrons. The van der Waals surface area contributed by atoms with Crippen molar-refractivity contribution >= 4 is 0 Å². The zero-order valence-electron chi connectivity index (χ0n) is 8.37. The van der Waals surface area contributed by atoms with E-state index in [1.54, 1.807) is 7.11 Å². The highest BCUT2D eigenvalue weighted by Crippen LogP contribution is 2.28. The molecule has 2 aromatic rings. The normalized spacial score (nSPS) is 10.1. The second-order valence-electron chi connectivity index (χ2n) is 3.26. The van der Waals surface area contributed by atoms with Crippen molar-refractivity contribution in [2.45, 2.75) is 6.92 Å². The largest absolute Gasteiger partial charge is 0.496 e. The summed E-state index contributed by atoms with van der Waals surface area (Å²) >= 11 is 0. The van der Waals surface area contributed by atoms with Crippen molar-refractivity contribution in [1.82, 2.24) is 4.98 Å². The van der Waals surface area contributed by atoms with E-state index in [4.69, 9.17) is 4.74 Å². The van der Waals surface area contributed by atoms with E-state index in [1.165, 1.54) is 0 Å². The van der Waals surface area contributed by atoms with Gasteiger partial charge in [0.1, 0.15) is 5.75 Å². The van der Waals surface area contributed by atoms with Gasteiger partial charge in [0.05, 0.1) is 7.11 Å². The molecule has 0 fully saturated rings. The van der Waals surface area contributed by atoms with Crippen molar-refractivity contribution in [3.05, 3.63) is 42.1 Å². The molecule has 0 saturated heterocycles. The van der Waals surface area contributed by atoms with Crippen LogP contribution in [0, 0.1) is 6.92 Å². The Balaban J connectivity index is 2.50. The van der Waals surface area contributed by atoms with Crippen LogP contribution in [0.1, 0.15) is 5.69 Å². The fraction of sp³-hybridized carbons (Fsp3) is 0.167. The Morgan fingerprint density at radius 2 is 1.86 bits per heavy atom. The van der Waals surface area contributed by atoms with Crippen LogP contribution < -0.4 is 4.74 Å². The summed E-state index contributed by atoms with van der Waals surface area (Å²) in [6, 6.07) is 12.1. The molecule has 0 spiro atoms. The summed E-state index contributed by atoms with van der Waals surface area (Å²) in [4.78, 5) is 3.29. The minimum absolute atomic E-state index is 0.898. The molecular weight excluding hydrogens is 174 g/mol. The summed E-state index contributed by atoms with van der Waals surface area (Å²) in [5, 5.41) is 0. The zero-order chi connectivity index (χ0) is 9.97. The molecule has 2 rings (SSSR count). The summed E-state index contributed by atoms with van der Waals surface area (Å²) < 4.78 is 5.29. The van der Waals surface area contributed by atoms with E-state index in [0.717, 1.165) is 22.7 Å². The number of hydrogen-bond acceptors (Lipinski definition) is 1. The van der Waals surface area contributed by atoms with Gasteiger partial charge in [-0.1, -0.05) is 12.1 Å². The van der Waals surface area contributed by atoms with E-state index in [2.05, 4.69) is 17.1 Å². The van der Waals surface area contributed by atoms with Gasteiger partial charge in [-0.15, -0.1) is 0 Å². The number of benzene rings is 1. The lowest BCUT2D eigenvalue weighted by atomic mass is 10.1. The Hall–Kier alpha value is -1.70. The Bertz CT molecular complexity index is 431. The first-order valence-electron chi connectivity index (χ1n) is 4.60. The SMILES string of the molecule is COc1ccccc1-c1ccc(C)[nH]1. The van der Waals surface area contributed by atoms with Crippen molar-refractivity contribution in [1.29, 1.82) is 0 Å². The first-order valence-corrected chi connectivity index (χ1v) is 4.60. The fourth-order valence-electron chi connectivity index (χ4n) is 1.53. The topological polar surface area (TPSA) is 25.0 Å². The number of aryl methyl sites for hydroxylation is 1. The number of aromatic nitrogens is 1. The minimum atomic E-state index is 0.898. The Labute approximate surface area is 83.5 Å². The highest BCUT2D eigenvalue weighted by molar-refractivity contribution is 5.67. The van der Waals surface area contributed by atoms with Gasteiger partial charge in [-0.3, -0.25) is 0 Å². The van der Waals surface area contributed by atoms with E-state index >= 15 is 0 Å². The predicted molar refractivity (Wildman–Crippen MR) is 57.5 cm³/mol. The first kappa shape index (κ1) is 8.88. The number of ether oxygens (including phenoxy) is 1. The Morgan fingerprint density at radius 1 is 1.07 bits per heavy atom. The average molecular weight is 187 g/mol. The standard InChI is InChI=1S/C12H13NO/c1-9-7-8-11(13-9)10-5-3-4-6-12(10)14-2/h3-8,13H,1-2H3. The van der Waals surface area contributed by atoms with Crippen LogP contribution in [0.2, 0.25) is 0 Å². The molecule has 2 heteroatoms. The zero-order valence-corrected chi connectivity index (χ0v) is 8.37. The molecule has 0 amide bonds. The van der Waals surface area contributed by atoms with Crippen LogP contribution in [0.25, 0.3) is 11.3 Å². The quantitative estimate of drug-likeness (QED) is 0.768. The molecule has 1 aromatic heterocycles. The van der Waals surface area contributed by atoms with Crippen molar-refractivity contribution in [2.24, 2.45) is 0 Å². The second kappa shape index (κ2) is 3.58. The lowest BCUT2D eigenvalue weighted by molar-refractivity contribution is 0.416. The lowest BCUT2D eigenvalue weighted by Gasteiger charge is -2.05. The summed E-state index contributed by atoms with van der Waals surface area (Å²) in [6.45, 7) is 2.04. The van der Waals surface area contributed by atoms with Crippen molar-refractivity contribution in [2.75, 3.05) is 7.11 Å². The van der Waals surface area contributed by atoms with Crippen molar-refractivity contribution < 1.29 is 4.74 Å². The highest BCUT2D eigenvalue weighted by atomic mass is 16.5. The Morgan fingerprint density at radius 3 is 2.50 bits per heavy atom. The molecule has 0 aliphatic heterocycles. The molecule has 1 N–H and O–H groups in total. The predicted octanol–water partition coefficient (Wildman–Crippen LogP) is 3.00. The van der Waals surface area contributed by atoms with Crippen molar-refractivity contribution in [3.8, 4) is 17.0 Å². The number of para-hydroxylation sites is 1. The monoisotopic (exact) mass is 187 g/mol. The highest BCUT2D eigenvalue weighted by Gasteiger charge is 2.04. The number of aromatic amines is 1. The number of rotatable bonds is 2. The second-order valence-corrected chi connectivity index (χ2v) is 3.26. The smallest absolute Gasteiger partial charge is 0.128 e. The van der Waals surface area contributed by atoms with E-state index in [0.29, 0.717) is 0 Å². The van der Waals surface area contributed by atoms with Crippen LogP contribution in [-0.2, 0) is 0 Å². The number of H-pyrrole nitrogens is 1. The number of nitrogens with one attached hydrogen (secondary N) is 1.